The molecular weight excluding hydrogens is 338 g/mol. The van der Waals surface area contributed by atoms with Gasteiger partial charge in [0.15, 0.2) is 0 Å². The van der Waals surface area contributed by atoms with Gasteiger partial charge in [0.25, 0.3) is 5.91 Å². The van der Waals surface area contributed by atoms with Crippen LogP contribution in [-0.2, 0) is 0 Å². The summed E-state index contributed by atoms with van der Waals surface area (Å²) in [7, 11) is 2.06. The van der Waals surface area contributed by atoms with E-state index < -0.39 is 0 Å². The Labute approximate surface area is 152 Å². The quantitative estimate of drug-likeness (QED) is 0.913. The van der Waals surface area contributed by atoms with Gasteiger partial charge in [-0.2, -0.15) is 0 Å². The van der Waals surface area contributed by atoms with Crippen LogP contribution in [-0.4, -0.2) is 58.9 Å². The van der Waals surface area contributed by atoms with Crippen molar-refractivity contribution in [2.24, 2.45) is 0 Å². The van der Waals surface area contributed by atoms with Gasteiger partial charge in [-0.3, -0.25) is 4.79 Å². The highest BCUT2D eigenvalue weighted by Gasteiger charge is 2.22. The van der Waals surface area contributed by atoms with Gasteiger partial charge in [0, 0.05) is 43.0 Å². The zero-order valence-corrected chi connectivity index (χ0v) is 15.5. The fourth-order valence-corrected chi connectivity index (χ4v) is 2.91. The van der Waals surface area contributed by atoms with Crippen molar-refractivity contribution in [1.82, 2.24) is 19.8 Å². The Morgan fingerprint density at radius 1 is 1.12 bits per heavy atom. The second kappa shape index (κ2) is 7.37. The maximum absolute atomic E-state index is 12.7. The van der Waals surface area contributed by atoms with Gasteiger partial charge in [-0.1, -0.05) is 17.7 Å². The summed E-state index contributed by atoms with van der Waals surface area (Å²) < 4.78 is 0. The average Bonchev–Trinajstić information content (AvgIpc) is 2.58. The number of hydrogen-bond donors (Lipinski definition) is 1. The second-order valence-corrected chi connectivity index (χ2v) is 6.78. The van der Waals surface area contributed by atoms with E-state index in [1.54, 1.807) is 13.0 Å². The van der Waals surface area contributed by atoms with Crippen molar-refractivity contribution < 1.29 is 4.79 Å². The molecule has 1 saturated heterocycles. The smallest absolute Gasteiger partial charge is 0.272 e. The third kappa shape index (κ3) is 4.27. The maximum atomic E-state index is 12.7. The molecule has 0 radical (unpaired) electrons. The molecule has 6 nitrogen and oxygen atoms in total. The second-order valence-electron chi connectivity index (χ2n) is 6.37. The first-order valence-corrected chi connectivity index (χ1v) is 8.67. The number of piperazine rings is 1. The van der Waals surface area contributed by atoms with Crippen LogP contribution in [0, 0.1) is 13.8 Å². The van der Waals surface area contributed by atoms with Crippen molar-refractivity contribution in [2.75, 3.05) is 38.5 Å². The predicted octanol–water partition coefficient (Wildman–Crippen LogP) is 2.88. The first-order chi connectivity index (χ1) is 11.9. The van der Waals surface area contributed by atoms with Crippen LogP contribution in [0.4, 0.5) is 11.5 Å². The third-order valence-corrected chi connectivity index (χ3v) is 4.70. The Balaban J connectivity index is 1.80. The minimum Gasteiger partial charge on any atom is -0.340 e. The number of likely N-dealkylation sites (N-methyl/N-ethyl adjacent to an activating group) is 1. The Morgan fingerprint density at radius 2 is 1.84 bits per heavy atom. The van der Waals surface area contributed by atoms with Crippen LogP contribution in [0.15, 0.2) is 24.3 Å². The number of anilines is 2. The molecule has 0 bridgehead atoms. The van der Waals surface area contributed by atoms with E-state index in [9.17, 15) is 4.79 Å². The molecular formula is C18H22ClN5O. The molecule has 1 aliphatic rings. The molecule has 1 aliphatic heterocycles. The number of nitrogens with zero attached hydrogens (tertiary/aromatic N) is 4. The molecule has 0 atom stereocenters. The van der Waals surface area contributed by atoms with Crippen LogP contribution in [0.3, 0.4) is 0 Å². The largest absolute Gasteiger partial charge is 0.340 e. The minimum atomic E-state index is -0.0522. The van der Waals surface area contributed by atoms with Gasteiger partial charge in [0.2, 0.25) is 0 Å². The molecule has 2 aromatic rings. The van der Waals surface area contributed by atoms with E-state index in [1.165, 1.54) is 0 Å². The highest BCUT2D eigenvalue weighted by atomic mass is 35.5. The van der Waals surface area contributed by atoms with E-state index in [0.717, 1.165) is 24.3 Å². The number of carbonyl (C=O) groups excluding carboxylic acids is 1. The van der Waals surface area contributed by atoms with Crippen molar-refractivity contribution >= 4 is 29.0 Å². The standard InChI is InChI=1S/C18H22ClN5O/c1-12-4-5-14(10-15(12)19)22-17-11-16(20-13(2)21-17)18(25)24-8-6-23(3)7-9-24/h4-5,10-11H,6-9H2,1-3H3,(H,20,21,22). The average molecular weight is 360 g/mol. The van der Waals surface area contributed by atoms with Crippen molar-refractivity contribution in [3.05, 3.63) is 46.4 Å². The predicted molar refractivity (Wildman–Crippen MR) is 99.6 cm³/mol. The van der Waals surface area contributed by atoms with Crippen LogP contribution >= 0.6 is 11.6 Å². The molecule has 2 heterocycles. The zero-order valence-electron chi connectivity index (χ0n) is 14.7. The van der Waals surface area contributed by atoms with Gasteiger partial charge in [-0.25, -0.2) is 9.97 Å². The van der Waals surface area contributed by atoms with E-state index >= 15 is 0 Å². The number of carbonyl (C=O) groups is 1. The summed E-state index contributed by atoms with van der Waals surface area (Å²) >= 11 is 6.17. The van der Waals surface area contributed by atoms with Gasteiger partial charge in [-0.15, -0.1) is 0 Å². The first kappa shape index (κ1) is 17.6. The Bertz CT molecular complexity index is 787. The number of aromatic nitrogens is 2. The fraction of sp³-hybridized carbons (Fsp3) is 0.389. The molecule has 1 aromatic heterocycles. The first-order valence-electron chi connectivity index (χ1n) is 8.29. The van der Waals surface area contributed by atoms with Gasteiger partial charge < -0.3 is 15.1 Å². The SMILES string of the molecule is Cc1nc(Nc2ccc(C)c(Cl)c2)cc(C(=O)N2CCN(C)CC2)n1. The number of halogens is 1. The minimum absolute atomic E-state index is 0.0522. The van der Waals surface area contributed by atoms with Crippen molar-refractivity contribution in [2.45, 2.75) is 13.8 Å². The Morgan fingerprint density at radius 3 is 2.52 bits per heavy atom. The topological polar surface area (TPSA) is 61.4 Å². The molecule has 0 aliphatic carbocycles. The van der Waals surface area contributed by atoms with Crippen LogP contribution in [0.1, 0.15) is 21.9 Å². The van der Waals surface area contributed by atoms with Crippen LogP contribution in [0.2, 0.25) is 5.02 Å². The molecule has 1 N–H and O–H groups in total. The summed E-state index contributed by atoms with van der Waals surface area (Å²) in [5.41, 5.74) is 2.25. The third-order valence-electron chi connectivity index (χ3n) is 4.29. The van der Waals surface area contributed by atoms with Crippen molar-refractivity contribution in [3.8, 4) is 0 Å². The van der Waals surface area contributed by atoms with E-state index in [-0.39, 0.29) is 5.91 Å². The van der Waals surface area contributed by atoms with Crippen LogP contribution in [0.25, 0.3) is 0 Å². The lowest BCUT2D eigenvalue weighted by Gasteiger charge is -2.32. The Kier molecular flexibility index (Phi) is 5.20. The lowest BCUT2D eigenvalue weighted by Crippen LogP contribution is -2.47. The molecule has 7 heteroatoms. The van der Waals surface area contributed by atoms with Crippen molar-refractivity contribution in [3.63, 3.8) is 0 Å². The molecule has 0 saturated carbocycles. The van der Waals surface area contributed by atoms with E-state index in [0.29, 0.717) is 35.4 Å². The molecule has 1 amide bonds. The summed E-state index contributed by atoms with van der Waals surface area (Å²) in [6.07, 6.45) is 0. The molecule has 132 valence electrons. The summed E-state index contributed by atoms with van der Waals surface area (Å²) in [4.78, 5) is 25.5. The molecule has 3 rings (SSSR count). The van der Waals surface area contributed by atoms with Crippen molar-refractivity contribution in [1.29, 1.82) is 0 Å². The van der Waals surface area contributed by atoms with Gasteiger partial charge >= 0.3 is 0 Å². The number of hydrogen-bond acceptors (Lipinski definition) is 5. The van der Waals surface area contributed by atoms with Gasteiger partial charge in [0.1, 0.15) is 17.3 Å². The summed E-state index contributed by atoms with van der Waals surface area (Å²) in [5, 5.41) is 3.89. The number of amides is 1. The van der Waals surface area contributed by atoms with E-state index in [1.807, 2.05) is 30.0 Å². The zero-order chi connectivity index (χ0) is 18.0. The number of aryl methyl sites for hydroxylation is 2. The fourth-order valence-electron chi connectivity index (χ4n) is 2.73. The summed E-state index contributed by atoms with van der Waals surface area (Å²) in [6.45, 7) is 6.93. The molecule has 1 aromatic carbocycles. The molecule has 1 fully saturated rings. The normalized spacial score (nSPS) is 15.3. The summed E-state index contributed by atoms with van der Waals surface area (Å²) in [6, 6.07) is 7.41. The monoisotopic (exact) mass is 359 g/mol. The number of nitrogens with one attached hydrogen (secondary N) is 1. The highest BCUT2D eigenvalue weighted by molar-refractivity contribution is 6.31. The lowest BCUT2D eigenvalue weighted by molar-refractivity contribution is 0.0658. The van der Waals surface area contributed by atoms with Crippen LogP contribution in [0.5, 0.6) is 0 Å². The van der Waals surface area contributed by atoms with Gasteiger partial charge in [0.05, 0.1) is 0 Å². The van der Waals surface area contributed by atoms with E-state index in [2.05, 4.69) is 27.2 Å². The molecule has 0 spiro atoms. The maximum Gasteiger partial charge on any atom is 0.272 e. The Hall–Kier alpha value is -2.18. The summed E-state index contributed by atoms with van der Waals surface area (Å²) in [5.74, 6) is 1.09. The number of rotatable bonds is 3. The van der Waals surface area contributed by atoms with Crippen LogP contribution < -0.4 is 5.32 Å². The van der Waals surface area contributed by atoms with E-state index in [4.69, 9.17) is 11.6 Å². The van der Waals surface area contributed by atoms with Gasteiger partial charge in [-0.05, 0) is 38.6 Å². The molecule has 25 heavy (non-hydrogen) atoms. The highest BCUT2D eigenvalue weighted by Crippen LogP contribution is 2.23. The lowest BCUT2D eigenvalue weighted by atomic mass is 10.2. The molecule has 0 unspecified atom stereocenters. The number of benzene rings is 1.